The van der Waals surface area contributed by atoms with E-state index in [1.165, 1.54) is 0 Å². The monoisotopic (exact) mass is 201 g/mol. The van der Waals surface area contributed by atoms with Crippen LogP contribution in [0.1, 0.15) is 33.6 Å². The van der Waals surface area contributed by atoms with Crippen molar-refractivity contribution < 1.29 is 4.79 Å². The molecule has 84 valence electrons. The van der Waals surface area contributed by atoms with Crippen molar-refractivity contribution in [3.05, 3.63) is 0 Å². The third-order valence-corrected chi connectivity index (χ3v) is 2.12. The van der Waals surface area contributed by atoms with E-state index in [4.69, 9.17) is 5.73 Å². The molecule has 0 aromatic carbocycles. The quantitative estimate of drug-likeness (QED) is 0.601. The van der Waals surface area contributed by atoms with Crippen LogP contribution in [0.15, 0.2) is 0 Å². The van der Waals surface area contributed by atoms with Gasteiger partial charge in [-0.05, 0) is 32.7 Å². The van der Waals surface area contributed by atoms with Crippen molar-refractivity contribution in [1.29, 1.82) is 0 Å². The Morgan fingerprint density at radius 3 is 2.50 bits per heavy atom. The molecule has 0 saturated carbocycles. The maximum Gasteiger partial charge on any atom is 0.314 e. The van der Waals surface area contributed by atoms with Gasteiger partial charge >= 0.3 is 6.03 Å². The van der Waals surface area contributed by atoms with Gasteiger partial charge in [0.15, 0.2) is 0 Å². The molecule has 0 aliphatic heterocycles. The Labute approximate surface area is 86.6 Å². The highest BCUT2D eigenvalue weighted by molar-refractivity contribution is 5.74. The van der Waals surface area contributed by atoms with Gasteiger partial charge in [-0.2, -0.15) is 0 Å². The molecule has 0 aromatic heterocycles. The SMILES string of the molecule is CCC(CCN)CNC(=O)NC(C)C. The van der Waals surface area contributed by atoms with Gasteiger partial charge in [0.25, 0.3) is 0 Å². The highest BCUT2D eigenvalue weighted by Crippen LogP contribution is 2.04. The number of hydrogen-bond acceptors (Lipinski definition) is 2. The third kappa shape index (κ3) is 6.71. The second kappa shape index (κ2) is 7.62. The van der Waals surface area contributed by atoms with Crippen molar-refractivity contribution in [2.45, 2.75) is 39.7 Å². The van der Waals surface area contributed by atoms with Crippen LogP contribution in [0, 0.1) is 5.92 Å². The predicted molar refractivity (Wildman–Crippen MR) is 59.1 cm³/mol. The van der Waals surface area contributed by atoms with Crippen LogP contribution in [0.3, 0.4) is 0 Å². The molecule has 0 rings (SSSR count). The average Bonchev–Trinajstić information content (AvgIpc) is 2.11. The number of hydrogen-bond donors (Lipinski definition) is 3. The highest BCUT2D eigenvalue weighted by Gasteiger charge is 2.07. The number of carbonyl (C=O) groups excluding carboxylic acids is 1. The van der Waals surface area contributed by atoms with Crippen LogP contribution in [-0.4, -0.2) is 25.2 Å². The van der Waals surface area contributed by atoms with Gasteiger partial charge in [0.05, 0.1) is 0 Å². The van der Waals surface area contributed by atoms with Crippen molar-refractivity contribution in [2.24, 2.45) is 11.7 Å². The molecular formula is C10H23N3O. The zero-order chi connectivity index (χ0) is 11.0. The summed E-state index contributed by atoms with van der Waals surface area (Å²) in [6, 6.07) is 0.0973. The van der Waals surface area contributed by atoms with E-state index in [9.17, 15) is 4.79 Å². The summed E-state index contributed by atoms with van der Waals surface area (Å²) in [6.07, 6.45) is 2.03. The first-order chi connectivity index (χ1) is 6.60. The lowest BCUT2D eigenvalue weighted by Crippen LogP contribution is -2.41. The second-order valence-electron chi connectivity index (χ2n) is 3.86. The van der Waals surface area contributed by atoms with E-state index in [2.05, 4.69) is 17.6 Å². The maximum absolute atomic E-state index is 11.2. The molecule has 0 radical (unpaired) electrons. The van der Waals surface area contributed by atoms with Gasteiger partial charge in [-0.15, -0.1) is 0 Å². The first-order valence-corrected chi connectivity index (χ1v) is 5.34. The van der Waals surface area contributed by atoms with Gasteiger partial charge in [-0.3, -0.25) is 0 Å². The van der Waals surface area contributed by atoms with Gasteiger partial charge in [0, 0.05) is 12.6 Å². The molecule has 0 aliphatic rings. The first-order valence-electron chi connectivity index (χ1n) is 5.34. The van der Waals surface area contributed by atoms with Gasteiger partial charge in [0.1, 0.15) is 0 Å². The molecule has 4 N–H and O–H groups in total. The Bertz CT molecular complexity index is 159. The molecule has 1 atom stereocenters. The molecular weight excluding hydrogens is 178 g/mol. The molecule has 0 aliphatic carbocycles. The number of nitrogens with two attached hydrogens (primary N) is 1. The molecule has 0 bridgehead atoms. The Balaban J connectivity index is 3.62. The molecule has 1 unspecified atom stereocenters. The summed E-state index contributed by atoms with van der Waals surface area (Å²) >= 11 is 0. The van der Waals surface area contributed by atoms with Crippen LogP contribution in [0.25, 0.3) is 0 Å². The fourth-order valence-electron chi connectivity index (χ4n) is 1.24. The fraction of sp³-hybridized carbons (Fsp3) is 0.900. The van der Waals surface area contributed by atoms with Crippen molar-refractivity contribution in [3.63, 3.8) is 0 Å². The summed E-state index contributed by atoms with van der Waals surface area (Å²) in [5.41, 5.74) is 5.46. The highest BCUT2D eigenvalue weighted by atomic mass is 16.2. The second-order valence-corrected chi connectivity index (χ2v) is 3.86. The molecule has 4 nitrogen and oxygen atoms in total. The minimum absolute atomic E-state index is 0.0875. The van der Waals surface area contributed by atoms with E-state index in [-0.39, 0.29) is 12.1 Å². The molecule has 0 heterocycles. The van der Waals surface area contributed by atoms with Crippen LogP contribution in [-0.2, 0) is 0 Å². The third-order valence-electron chi connectivity index (χ3n) is 2.12. The van der Waals surface area contributed by atoms with Crippen LogP contribution < -0.4 is 16.4 Å². The van der Waals surface area contributed by atoms with Crippen LogP contribution in [0.2, 0.25) is 0 Å². The normalized spacial score (nSPS) is 12.6. The number of carbonyl (C=O) groups is 1. The summed E-state index contributed by atoms with van der Waals surface area (Å²) in [4.78, 5) is 11.2. The number of urea groups is 1. The van der Waals surface area contributed by atoms with Crippen LogP contribution in [0.4, 0.5) is 4.79 Å². The summed E-state index contributed by atoms with van der Waals surface area (Å²) in [7, 11) is 0. The van der Waals surface area contributed by atoms with E-state index < -0.39 is 0 Å². The molecule has 2 amide bonds. The Kier molecular flexibility index (Phi) is 7.20. The predicted octanol–water partition coefficient (Wildman–Crippen LogP) is 1.07. The Morgan fingerprint density at radius 2 is 2.07 bits per heavy atom. The largest absolute Gasteiger partial charge is 0.338 e. The lowest BCUT2D eigenvalue weighted by Gasteiger charge is -2.16. The summed E-state index contributed by atoms with van der Waals surface area (Å²) in [5.74, 6) is 0.498. The average molecular weight is 201 g/mol. The standard InChI is InChI=1S/C10H23N3O/c1-4-9(5-6-11)7-12-10(14)13-8(2)3/h8-9H,4-7,11H2,1-3H3,(H2,12,13,14). The zero-order valence-corrected chi connectivity index (χ0v) is 9.47. The fourth-order valence-corrected chi connectivity index (χ4v) is 1.24. The van der Waals surface area contributed by atoms with Crippen LogP contribution >= 0.6 is 0 Å². The molecule has 0 spiro atoms. The Hall–Kier alpha value is -0.770. The molecule has 0 fully saturated rings. The summed E-state index contributed by atoms with van der Waals surface area (Å²) in [6.45, 7) is 7.40. The van der Waals surface area contributed by atoms with Crippen molar-refractivity contribution in [3.8, 4) is 0 Å². The minimum Gasteiger partial charge on any atom is -0.338 e. The zero-order valence-electron chi connectivity index (χ0n) is 9.47. The van der Waals surface area contributed by atoms with E-state index >= 15 is 0 Å². The molecule has 0 aromatic rings. The molecule has 14 heavy (non-hydrogen) atoms. The lowest BCUT2D eigenvalue weighted by molar-refractivity contribution is 0.236. The van der Waals surface area contributed by atoms with E-state index in [1.54, 1.807) is 0 Å². The van der Waals surface area contributed by atoms with E-state index in [0.717, 1.165) is 12.8 Å². The van der Waals surface area contributed by atoms with Crippen molar-refractivity contribution in [2.75, 3.05) is 13.1 Å². The van der Waals surface area contributed by atoms with E-state index in [1.807, 2.05) is 13.8 Å². The molecule has 0 saturated heterocycles. The minimum atomic E-state index is -0.0875. The number of amides is 2. The smallest absolute Gasteiger partial charge is 0.314 e. The maximum atomic E-state index is 11.2. The van der Waals surface area contributed by atoms with E-state index in [0.29, 0.717) is 19.0 Å². The number of rotatable bonds is 6. The molecule has 4 heteroatoms. The Morgan fingerprint density at radius 1 is 1.43 bits per heavy atom. The summed E-state index contributed by atoms with van der Waals surface area (Å²) in [5, 5.41) is 5.63. The van der Waals surface area contributed by atoms with Crippen molar-refractivity contribution >= 4 is 6.03 Å². The number of nitrogens with one attached hydrogen (secondary N) is 2. The van der Waals surface area contributed by atoms with Gasteiger partial charge in [-0.1, -0.05) is 13.3 Å². The van der Waals surface area contributed by atoms with Gasteiger partial charge in [-0.25, -0.2) is 4.79 Å². The topological polar surface area (TPSA) is 67.1 Å². The van der Waals surface area contributed by atoms with Gasteiger partial charge in [0.2, 0.25) is 0 Å². The van der Waals surface area contributed by atoms with Gasteiger partial charge < -0.3 is 16.4 Å². The summed E-state index contributed by atoms with van der Waals surface area (Å²) < 4.78 is 0. The lowest BCUT2D eigenvalue weighted by atomic mass is 10.0. The first kappa shape index (κ1) is 13.2. The van der Waals surface area contributed by atoms with Crippen molar-refractivity contribution in [1.82, 2.24) is 10.6 Å². The van der Waals surface area contributed by atoms with Crippen LogP contribution in [0.5, 0.6) is 0 Å².